The molecule has 0 saturated carbocycles. The first-order valence-corrected chi connectivity index (χ1v) is 11.4. The monoisotopic (exact) mass is 373 g/mol. The zero-order valence-corrected chi connectivity index (χ0v) is 16.7. The molecule has 1 N–H and O–H groups in total. The third kappa shape index (κ3) is 3.54. The van der Waals surface area contributed by atoms with E-state index in [1.54, 1.807) is 11.0 Å². The molecule has 2 nitrogen and oxygen atoms in total. The van der Waals surface area contributed by atoms with Crippen molar-refractivity contribution >= 4 is 26.0 Å². The lowest BCUT2D eigenvalue weighted by atomic mass is 9.79. The predicted octanol–water partition coefficient (Wildman–Crippen LogP) is 3.42. The van der Waals surface area contributed by atoms with E-state index in [1.165, 1.54) is 51.3 Å². The maximum atomic E-state index is 3.69. The van der Waals surface area contributed by atoms with Crippen LogP contribution in [0.5, 0.6) is 0 Å². The minimum Gasteiger partial charge on any atom is -0.315 e. The van der Waals surface area contributed by atoms with Gasteiger partial charge in [-0.05, 0) is 36.8 Å². The minimum atomic E-state index is 0.637. The molecule has 27 heavy (non-hydrogen) atoms. The Labute approximate surface area is 165 Å². The minimum absolute atomic E-state index is 0.637. The zero-order chi connectivity index (χ0) is 18.1. The number of likely N-dealkylation sites (tertiary alicyclic amines) is 1. The van der Waals surface area contributed by atoms with E-state index in [0.717, 1.165) is 13.1 Å². The first-order valence-electron chi connectivity index (χ1n) is 10.4. The van der Waals surface area contributed by atoms with Crippen molar-refractivity contribution in [3.63, 3.8) is 0 Å². The van der Waals surface area contributed by atoms with Crippen LogP contribution in [-0.2, 0) is 6.42 Å². The molecule has 2 fully saturated rings. The topological polar surface area (TPSA) is 15.3 Å². The summed E-state index contributed by atoms with van der Waals surface area (Å²) in [4.78, 5) is 2.80. The van der Waals surface area contributed by atoms with Gasteiger partial charge in [-0.2, -0.15) is 0 Å². The highest BCUT2D eigenvalue weighted by atomic mass is 31.0. The Hall–Kier alpha value is -1.41. The van der Waals surface area contributed by atoms with Crippen molar-refractivity contribution in [2.45, 2.75) is 37.6 Å². The van der Waals surface area contributed by atoms with Crippen molar-refractivity contribution in [1.29, 1.82) is 0 Å². The average molecular weight is 373 g/mol. The zero-order valence-electron chi connectivity index (χ0n) is 15.8. The SMILES string of the molecule is [B]1P=C(N2CCCC2CCc2ccccc2)[C@@H]2CNC[C@H]2c2ccccc21. The molecule has 2 aromatic rings. The molecule has 3 aliphatic heterocycles. The fraction of sp³-hybridized carbons (Fsp3) is 0.435. The van der Waals surface area contributed by atoms with Gasteiger partial charge in [-0.1, -0.05) is 60.1 Å². The predicted molar refractivity (Wildman–Crippen MR) is 117 cm³/mol. The van der Waals surface area contributed by atoms with Gasteiger partial charge >= 0.3 is 0 Å². The number of hydrogen-bond donors (Lipinski definition) is 1. The third-order valence-corrected chi connectivity index (χ3v) is 7.82. The summed E-state index contributed by atoms with van der Waals surface area (Å²) in [5, 5.41) is 3.69. The molecule has 0 amide bonds. The highest BCUT2D eigenvalue weighted by Gasteiger charge is 2.39. The molecule has 3 heterocycles. The molecule has 1 radical (unpaired) electrons. The van der Waals surface area contributed by atoms with Gasteiger partial charge in [0.05, 0.1) is 0 Å². The van der Waals surface area contributed by atoms with Gasteiger partial charge in [-0.15, -0.1) is 8.08 Å². The fourth-order valence-electron chi connectivity index (χ4n) is 5.18. The third-order valence-electron chi connectivity index (χ3n) is 6.56. The quantitative estimate of drug-likeness (QED) is 0.653. The highest BCUT2D eigenvalue weighted by molar-refractivity contribution is 7.73. The largest absolute Gasteiger partial charge is 0.315 e. The number of fused-ring (bicyclic) bond motifs is 3. The van der Waals surface area contributed by atoms with Crippen LogP contribution < -0.4 is 10.8 Å². The normalized spacial score (nSPS) is 28.0. The second-order valence-electron chi connectivity index (χ2n) is 8.13. The summed E-state index contributed by atoms with van der Waals surface area (Å²) in [7, 11) is 1.42. The second kappa shape index (κ2) is 7.91. The molecule has 4 heteroatoms. The fourth-order valence-corrected chi connectivity index (χ4v) is 6.56. The molecule has 137 valence electrons. The van der Waals surface area contributed by atoms with Crippen LogP contribution in [0, 0.1) is 5.92 Å². The van der Waals surface area contributed by atoms with E-state index in [1.807, 2.05) is 0 Å². The van der Waals surface area contributed by atoms with Crippen LogP contribution in [0.2, 0.25) is 0 Å². The molecule has 5 rings (SSSR count). The van der Waals surface area contributed by atoms with Gasteiger partial charge in [0.15, 0.2) is 0 Å². The second-order valence-corrected chi connectivity index (χ2v) is 9.10. The smallest absolute Gasteiger partial charge is 0.223 e. The number of hydrogen-bond acceptors (Lipinski definition) is 2. The van der Waals surface area contributed by atoms with Crippen LogP contribution in [0.15, 0.2) is 54.6 Å². The van der Waals surface area contributed by atoms with E-state index in [9.17, 15) is 0 Å². The summed E-state index contributed by atoms with van der Waals surface area (Å²) < 4.78 is 0. The average Bonchev–Trinajstić information content (AvgIpc) is 3.35. The Kier molecular flexibility index (Phi) is 5.18. The molecule has 0 aliphatic carbocycles. The van der Waals surface area contributed by atoms with Gasteiger partial charge in [-0.25, -0.2) is 0 Å². The Morgan fingerprint density at radius 3 is 2.74 bits per heavy atom. The number of aryl methyl sites for hydroxylation is 1. The summed E-state index contributed by atoms with van der Waals surface area (Å²) in [5.74, 6) is 1.29. The maximum absolute atomic E-state index is 3.69. The van der Waals surface area contributed by atoms with Crippen molar-refractivity contribution in [2.75, 3.05) is 19.6 Å². The standard InChI is InChI=1S/C23H27BN2P/c1-2-7-17(8-3-1)12-13-18-9-6-14-26(18)23-21-16-25-15-20(21)19-10-4-5-11-22(19)24-27-23/h1-5,7-8,10-11,18,20-21,25H,6,9,12-16H2/t18?,20-,21+/m0/s1. The van der Waals surface area contributed by atoms with Gasteiger partial charge < -0.3 is 5.32 Å². The molecule has 2 saturated heterocycles. The van der Waals surface area contributed by atoms with Crippen LogP contribution in [0.1, 0.15) is 36.3 Å². The summed E-state index contributed by atoms with van der Waals surface area (Å²) in [6.07, 6.45) is 5.17. The first kappa shape index (κ1) is 17.7. The van der Waals surface area contributed by atoms with Gasteiger partial charge in [0.1, 0.15) is 0 Å². The van der Waals surface area contributed by atoms with Crippen molar-refractivity contribution in [3.05, 3.63) is 65.7 Å². The first-order chi connectivity index (χ1) is 13.4. The summed E-state index contributed by atoms with van der Waals surface area (Å²) >= 11 is 0. The van der Waals surface area contributed by atoms with Crippen LogP contribution in [0.25, 0.3) is 0 Å². The lowest BCUT2D eigenvalue weighted by Gasteiger charge is -2.32. The van der Waals surface area contributed by atoms with Crippen LogP contribution in [-0.4, -0.2) is 43.0 Å². The van der Waals surface area contributed by atoms with E-state index in [-0.39, 0.29) is 0 Å². The number of nitrogens with zero attached hydrogens (tertiary/aromatic N) is 1. The summed E-state index contributed by atoms with van der Waals surface area (Å²) in [6, 6.07) is 20.8. The summed E-state index contributed by atoms with van der Waals surface area (Å²) in [5.41, 5.74) is 6.16. The lowest BCUT2D eigenvalue weighted by Crippen LogP contribution is -2.40. The maximum Gasteiger partial charge on any atom is 0.223 e. The van der Waals surface area contributed by atoms with Crippen LogP contribution in [0.4, 0.5) is 0 Å². The number of nitrogens with one attached hydrogen (secondary N) is 1. The molecule has 0 aromatic heterocycles. The van der Waals surface area contributed by atoms with E-state index < -0.39 is 0 Å². The molecule has 0 spiro atoms. The van der Waals surface area contributed by atoms with Gasteiger partial charge in [-0.3, -0.25) is 4.90 Å². The molecular weight excluding hydrogens is 346 g/mol. The highest BCUT2D eigenvalue weighted by Crippen LogP contribution is 2.36. The van der Waals surface area contributed by atoms with E-state index in [0.29, 0.717) is 17.9 Å². The molecule has 3 atom stereocenters. The van der Waals surface area contributed by atoms with Crippen molar-refractivity contribution in [2.24, 2.45) is 5.92 Å². The van der Waals surface area contributed by atoms with Crippen LogP contribution >= 0.6 is 8.08 Å². The van der Waals surface area contributed by atoms with Crippen LogP contribution in [0.3, 0.4) is 0 Å². The molecule has 1 unspecified atom stereocenters. The van der Waals surface area contributed by atoms with Crippen molar-refractivity contribution in [3.8, 4) is 0 Å². The molecule has 0 bridgehead atoms. The van der Waals surface area contributed by atoms with Gasteiger partial charge in [0.25, 0.3) is 0 Å². The van der Waals surface area contributed by atoms with E-state index >= 15 is 0 Å². The molecule has 3 aliphatic rings. The summed E-state index contributed by atoms with van der Waals surface area (Å²) in [6.45, 7) is 5.97. The Bertz CT molecular complexity index is 822. The lowest BCUT2D eigenvalue weighted by molar-refractivity contribution is 0.355. The molecular formula is C23H27BN2P. The van der Waals surface area contributed by atoms with Crippen molar-refractivity contribution in [1.82, 2.24) is 10.2 Å². The number of rotatable bonds is 4. The molecule has 2 aromatic carbocycles. The van der Waals surface area contributed by atoms with Gasteiger partial charge in [0.2, 0.25) is 7.00 Å². The van der Waals surface area contributed by atoms with Gasteiger partial charge in [0, 0.05) is 42.9 Å². The van der Waals surface area contributed by atoms with E-state index in [2.05, 4.69) is 71.8 Å². The Morgan fingerprint density at radius 1 is 1.00 bits per heavy atom. The Balaban J connectivity index is 1.37. The Morgan fingerprint density at radius 2 is 1.81 bits per heavy atom. The number of benzene rings is 2. The van der Waals surface area contributed by atoms with E-state index in [4.69, 9.17) is 0 Å². The van der Waals surface area contributed by atoms with Crippen molar-refractivity contribution < 1.29 is 0 Å².